The second-order valence-corrected chi connectivity index (χ2v) is 7.67. The van der Waals surface area contributed by atoms with E-state index in [1.165, 1.54) is 0 Å². The Hall–Kier alpha value is -0.120. The number of thioether (sulfide) groups is 2. The maximum Gasteiger partial charge on any atom is 0.176 e. The van der Waals surface area contributed by atoms with E-state index in [-0.39, 0.29) is 11.0 Å². The van der Waals surface area contributed by atoms with Gasteiger partial charge in [0.1, 0.15) is 0 Å². The zero-order chi connectivity index (χ0) is 12.4. The fourth-order valence-electron chi connectivity index (χ4n) is 1.72. The van der Waals surface area contributed by atoms with Crippen LogP contribution < -0.4 is 0 Å². The van der Waals surface area contributed by atoms with Gasteiger partial charge in [0, 0.05) is 26.8 Å². The molecule has 0 radical (unpaired) electrons. The van der Waals surface area contributed by atoms with Crippen LogP contribution in [0.15, 0.2) is 24.3 Å². The molecule has 3 unspecified atom stereocenters. The fourth-order valence-corrected chi connectivity index (χ4v) is 4.73. The third-order valence-corrected chi connectivity index (χ3v) is 6.61. The average Bonchev–Trinajstić information content (AvgIpc) is 2.33. The van der Waals surface area contributed by atoms with Crippen LogP contribution in [0.25, 0.3) is 0 Å². The monoisotopic (exact) mass is 286 g/mol. The van der Waals surface area contributed by atoms with Crippen LogP contribution in [-0.2, 0) is 0 Å². The Kier molecular flexibility index (Phi) is 4.45. The quantitative estimate of drug-likeness (QED) is 0.761. The molecule has 1 aromatic carbocycles. The molecule has 3 atom stereocenters. The molecule has 1 nitrogen and oxygen atoms in total. The van der Waals surface area contributed by atoms with Gasteiger partial charge in [0.2, 0.25) is 0 Å². The number of hydrogen-bond donors (Lipinski definition) is 0. The van der Waals surface area contributed by atoms with Crippen molar-refractivity contribution >= 4 is 40.9 Å². The predicted octanol–water partition coefficient (Wildman–Crippen LogP) is 4.15. The van der Waals surface area contributed by atoms with Crippen molar-refractivity contribution in [2.75, 3.05) is 5.75 Å². The Labute approximate surface area is 116 Å². The normalized spacial score (nSPS) is 29.0. The van der Waals surface area contributed by atoms with Gasteiger partial charge in [0.05, 0.1) is 5.25 Å². The number of carbonyl (C=O) groups is 1. The highest BCUT2D eigenvalue weighted by atomic mass is 35.5. The number of hydrogen-bond acceptors (Lipinski definition) is 3. The highest BCUT2D eigenvalue weighted by molar-refractivity contribution is 8.08. The molecular weight excluding hydrogens is 272 g/mol. The summed E-state index contributed by atoms with van der Waals surface area (Å²) in [6, 6.07) is 7.19. The van der Waals surface area contributed by atoms with Gasteiger partial charge in [-0.15, -0.1) is 11.8 Å². The lowest BCUT2D eigenvalue weighted by molar-refractivity contribution is 0.0995. The zero-order valence-corrected chi connectivity index (χ0v) is 12.2. The minimum Gasteiger partial charge on any atom is -0.293 e. The van der Waals surface area contributed by atoms with Crippen molar-refractivity contribution in [3.05, 3.63) is 34.9 Å². The Balaban J connectivity index is 2.08. The van der Waals surface area contributed by atoms with E-state index in [2.05, 4.69) is 13.8 Å². The summed E-state index contributed by atoms with van der Waals surface area (Å²) < 4.78 is 0. The molecule has 0 spiro atoms. The van der Waals surface area contributed by atoms with E-state index in [1.807, 2.05) is 23.9 Å². The van der Waals surface area contributed by atoms with Crippen molar-refractivity contribution in [2.45, 2.75) is 29.6 Å². The van der Waals surface area contributed by atoms with Crippen molar-refractivity contribution in [1.29, 1.82) is 0 Å². The van der Waals surface area contributed by atoms with E-state index in [9.17, 15) is 4.79 Å². The molecule has 1 saturated heterocycles. The Morgan fingerprint density at radius 2 is 1.88 bits per heavy atom. The summed E-state index contributed by atoms with van der Waals surface area (Å²) in [5, 5.41) is 1.94. The second-order valence-electron chi connectivity index (χ2n) is 4.24. The highest BCUT2D eigenvalue weighted by Gasteiger charge is 2.30. The number of halogens is 1. The van der Waals surface area contributed by atoms with Gasteiger partial charge in [-0.2, -0.15) is 11.8 Å². The summed E-state index contributed by atoms with van der Waals surface area (Å²) in [6.45, 7) is 4.43. The number of Topliss-reactive ketones (excluding diaryl/α,β-unsaturated/α-hetero) is 1. The van der Waals surface area contributed by atoms with E-state index < -0.39 is 0 Å². The molecule has 0 N–H and O–H groups in total. The van der Waals surface area contributed by atoms with Gasteiger partial charge in [-0.05, 0) is 24.3 Å². The molecule has 92 valence electrons. The molecule has 1 aliphatic heterocycles. The molecule has 0 aliphatic carbocycles. The van der Waals surface area contributed by atoms with Crippen LogP contribution in [0.3, 0.4) is 0 Å². The molecule has 1 heterocycles. The Morgan fingerprint density at radius 1 is 1.24 bits per heavy atom. The van der Waals surface area contributed by atoms with E-state index in [1.54, 1.807) is 23.9 Å². The van der Waals surface area contributed by atoms with Gasteiger partial charge in [-0.1, -0.05) is 25.4 Å². The number of benzene rings is 1. The molecular formula is C13H15ClOS2. The molecule has 0 bridgehead atoms. The summed E-state index contributed by atoms with van der Waals surface area (Å²) in [4.78, 5) is 12.3. The summed E-state index contributed by atoms with van der Waals surface area (Å²) >= 11 is 9.51. The van der Waals surface area contributed by atoms with Gasteiger partial charge in [0.25, 0.3) is 0 Å². The lowest BCUT2D eigenvalue weighted by atomic mass is 10.1. The maximum absolute atomic E-state index is 12.3. The van der Waals surface area contributed by atoms with Crippen LogP contribution in [0, 0.1) is 0 Å². The predicted molar refractivity (Wildman–Crippen MR) is 78.5 cm³/mol. The third kappa shape index (κ3) is 3.21. The second kappa shape index (κ2) is 5.68. The SMILES string of the molecule is CC1SCC(C(=O)c2ccc(Cl)cc2)SC1C. The summed E-state index contributed by atoms with van der Waals surface area (Å²) in [5.74, 6) is 1.15. The Bertz CT molecular complexity index is 404. The van der Waals surface area contributed by atoms with E-state index in [0.29, 0.717) is 15.5 Å². The van der Waals surface area contributed by atoms with Crippen molar-refractivity contribution < 1.29 is 4.79 Å². The van der Waals surface area contributed by atoms with Crippen molar-refractivity contribution in [3.8, 4) is 0 Å². The first-order valence-electron chi connectivity index (χ1n) is 5.65. The summed E-state index contributed by atoms with van der Waals surface area (Å²) in [7, 11) is 0. The highest BCUT2D eigenvalue weighted by Crippen LogP contribution is 2.37. The van der Waals surface area contributed by atoms with Gasteiger partial charge in [-0.25, -0.2) is 0 Å². The standard InChI is InChI=1S/C13H15ClOS2/c1-8-9(2)17-12(7-16-8)13(15)10-3-5-11(14)6-4-10/h3-6,8-9,12H,7H2,1-2H3. The number of ketones is 1. The first kappa shape index (κ1) is 13.3. The van der Waals surface area contributed by atoms with Crippen LogP contribution in [0.4, 0.5) is 0 Å². The molecule has 2 rings (SSSR count). The first-order valence-corrected chi connectivity index (χ1v) is 8.01. The molecule has 0 aromatic heterocycles. The fraction of sp³-hybridized carbons (Fsp3) is 0.462. The lowest BCUT2D eigenvalue weighted by Crippen LogP contribution is -2.31. The summed E-state index contributed by atoms with van der Waals surface area (Å²) in [5.41, 5.74) is 0.772. The van der Waals surface area contributed by atoms with Crippen LogP contribution >= 0.6 is 35.1 Å². The van der Waals surface area contributed by atoms with Crippen LogP contribution in [0.5, 0.6) is 0 Å². The Morgan fingerprint density at radius 3 is 2.47 bits per heavy atom. The topological polar surface area (TPSA) is 17.1 Å². The zero-order valence-electron chi connectivity index (χ0n) is 9.85. The molecule has 1 aliphatic rings. The largest absolute Gasteiger partial charge is 0.293 e. The first-order chi connectivity index (χ1) is 8.08. The molecule has 17 heavy (non-hydrogen) atoms. The smallest absolute Gasteiger partial charge is 0.176 e. The molecule has 0 amide bonds. The average molecular weight is 287 g/mol. The lowest BCUT2D eigenvalue weighted by Gasteiger charge is -2.30. The van der Waals surface area contributed by atoms with Gasteiger partial charge in [0.15, 0.2) is 5.78 Å². The van der Waals surface area contributed by atoms with Gasteiger partial charge in [-0.3, -0.25) is 4.79 Å². The van der Waals surface area contributed by atoms with Crippen molar-refractivity contribution in [3.63, 3.8) is 0 Å². The maximum atomic E-state index is 12.3. The van der Waals surface area contributed by atoms with E-state index in [0.717, 1.165) is 11.3 Å². The third-order valence-electron chi connectivity index (χ3n) is 2.97. The molecule has 4 heteroatoms. The summed E-state index contributed by atoms with van der Waals surface area (Å²) in [6.07, 6.45) is 0. The minimum atomic E-state index is 0.0902. The van der Waals surface area contributed by atoms with Crippen molar-refractivity contribution in [1.82, 2.24) is 0 Å². The van der Waals surface area contributed by atoms with E-state index >= 15 is 0 Å². The van der Waals surface area contributed by atoms with Crippen LogP contribution in [-0.4, -0.2) is 27.3 Å². The van der Waals surface area contributed by atoms with Crippen molar-refractivity contribution in [2.24, 2.45) is 0 Å². The van der Waals surface area contributed by atoms with Gasteiger partial charge >= 0.3 is 0 Å². The van der Waals surface area contributed by atoms with Crippen LogP contribution in [0.1, 0.15) is 24.2 Å². The van der Waals surface area contributed by atoms with Crippen LogP contribution in [0.2, 0.25) is 5.02 Å². The number of rotatable bonds is 2. The minimum absolute atomic E-state index is 0.0902. The number of carbonyl (C=O) groups excluding carboxylic acids is 1. The van der Waals surface area contributed by atoms with Gasteiger partial charge < -0.3 is 0 Å². The van der Waals surface area contributed by atoms with E-state index in [4.69, 9.17) is 11.6 Å². The molecule has 1 aromatic rings. The molecule has 0 saturated carbocycles. The molecule has 1 fully saturated rings.